The van der Waals surface area contributed by atoms with E-state index < -0.39 is 11.7 Å². The number of hydrogen-bond donors (Lipinski definition) is 1. The van der Waals surface area contributed by atoms with Crippen molar-refractivity contribution in [2.24, 2.45) is 5.73 Å². The first-order valence-electron chi connectivity index (χ1n) is 7.12. The molecule has 1 aromatic carbocycles. The third kappa shape index (κ3) is 4.07. The van der Waals surface area contributed by atoms with E-state index in [1.165, 1.54) is 6.07 Å². The van der Waals surface area contributed by atoms with Crippen LogP contribution in [-0.4, -0.2) is 30.1 Å². The summed E-state index contributed by atoms with van der Waals surface area (Å²) in [5.41, 5.74) is 5.79. The van der Waals surface area contributed by atoms with Crippen LogP contribution in [0.2, 0.25) is 0 Å². The molecule has 0 spiro atoms. The molecule has 1 aliphatic heterocycles. The van der Waals surface area contributed by atoms with Crippen molar-refractivity contribution in [1.29, 1.82) is 0 Å². The first-order chi connectivity index (χ1) is 9.81. The van der Waals surface area contributed by atoms with Crippen molar-refractivity contribution in [2.75, 3.05) is 24.5 Å². The van der Waals surface area contributed by atoms with Crippen molar-refractivity contribution in [1.82, 2.24) is 0 Å². The highest BCUT2D eigenvalue weighted by molar-refractivity contribution is 8.00. The van der Waals surface area contributed by atoms with Gasteiger partial charge in [-0.1, -0.05) is 19.9 Å². The fourth-order valence-electron chi connectivity index (χ4n) is 2.79. The number of alkyl halides is 3. The summed E-state index contributed by atoms with van der Waals surface area (Å²) in [4.78, 5) is 2.05. The Morgan fingerprint density at radius 3 is 2.38 bits per heavy atom. The molecule has 2 nitrogen and oxygen atoms in total. The lowest BCUT2D eigenvalue weighted by Crippen LogP contribution is -2.40. The lowest BCUT2D eigenvalue weighted by molar-refractivity contribution is -0.138. The molecule has 0 saturated carbocycles. The van der Waals surface area contributed by atoms with Gasteiger partial charge in [-0.05, 0) is 30.7 Å². The van der Waals surface area contributed by atoms with Gasteiger partial charge in [0.2, 0.25) is 0 Å². The minimum Gasteiger partial charge on any atom is -0.369 e. The Labute approximate surface area is 127 Å². The maximum absolute atomic E-state index is 13.2. The van der Waals surface area contributed by atoms with Crippen LogP contribution in [0.25, 0.3) is 0 Å². The Bertz CT molecular complexity index is 480. The largest absolute Gasteiger partial charge is 0.416 e. The molecule has 0 aromatic heterocycles. The maximum Gasteiger partial charge on any atom is 0.416 e. The van der Waals surface area contributed by atoms with Crippen molar-refractivity contribution >= 4 is 17.4 Å². The number of nitrogens with zero attached hydrogens (tertiary/aromatic N) is 1. The summed E-state index contributed by atoms with van der Waals surface area (Å²) in [7, 11) is 0. The van der Waals surface area contributed by atoms with E-state index in [1.54, 1.807) is 12.1 Å². The Morgan fingerprint density at radius 1 is 1.24 bits per heavy atom. The minimum atomic E-state index is -4.33. The van der Waals surface area contributed by atoms with E-state index in [-0.39, 0.29) is 18.5 Å². The zero-order chi connectivity index (χ0) is 15.6. The Hall–Kier alpha value is -0.880. The highest BCUT2D eigenvalue weighted by Gasteiger charge is 2.34. The first-order valence-corrected chi connectivity index (χ1v) is 8.06. The monoisotopic (exact) mass is 318 g/mol. The van der Waals surface area contributed by atoms with Crippen LogP contribution in [0, 0.1) is 0 Å². The molecule has 21 heavy (non-hydrogen) atoms. The smallest absolute Gasteiger partial charge is 0.369 e. The van der Waals surface area contributed by atoms with Crippen LogP contribution in [0.15, 0.2) is 18.2 Å². The molecular weight excluding hydrogens is 297 g/mol. The van der Waals surface area contributed by atoms with Crippen molar-refractivity contribution in [2.45, 2.75) is 36.9 Å². The molecule has 1 heterocycles. The molecule has 6 heteroatoms. The average molecular weight is 318 g/mol. The SMILES string of the molecule is CC1CN(c2ccc(CCN)c(C(F)(F)F)c2)CC(C)S1. The third-order valence-electron chi connectivity index (χ3n) is 3.60. The van der Waals surface area contributed by atoms with Gasteiger partial charge in [0.25, 0.3) is 0 Å². The molecule has 0 aliphatic carbocycles. The molecule has 0 amide bonds. The maximum atomic E-state index is 13.2. The number of benzene rings is 1. The minimum absolute atomic E-state index is 0.219. The van der Waals surface area contributed by atoms with Crippen LogP contribution >= 0.6 is 11.8 Å². The van der Waals surface area contributed by atoms with Gasteiger partial charge < -0.3 is 10.6 Å². The third-order valence-corrected chi connectivity index (χ3v) is 4.82. The van der Waals surface area contributed by atoms with E-state index in [9.17, 15) is 13.2 Å². The topological polar surface area (TPSA) is 29.3 Å². The molecule has 0 radical (unpaired) electrons. The highest BCUT2D eigenvalue weighted by Crippen LogP contribution is 2.36. The van der Waals surface area contributed by atoms with Gasteiger partial charge in [-0.15, -0.1) is 0 Å². The predicted molar refractivity (Wildman–Crippen MR) is 82.9 cm³/mol. The fourth-order valence-corrected chi connectivity index (χ4v) is 4.11. The van der Waals surface area contributed by atoms with Gasteiger partial charge in [-0.3, -0.25) is 0 Å². The van der Waals surface area contributed by atoms with E-state index >= 15 is 0 Å². The van der Waals surface area contributed by atoms with E-state index in [0.717, 1.165) is 13.1 Å². The zero-order valence-corrected chi connectivity index (χ0v) is 13.1. The van der Waals surface area contributed by atoms with E-state index in [2.05, 4.69) is 13.8 Å². The Morgan fingerprint density at radius 2 is 1.86 bits per heavy atom. The summed E-state index contributed by atoms with van der Waals surface area (Å²) >= 11 is 1.88. The van der Waals surface area contributed by atoms with Crippen LogP contribution in [0.4, 0.5) is 18.9 Å². The normalized spacial score (nSPS) is 23.4. The fraction of sp³-hybridized carbons (Fsp3) is 0.600. The van der Waals surface area contributed by atoms with Crippen LogP contribution in [0.5, 0.6) is 0 Å². The van der Waals surface area contributed by atoms with E-state index in [1.807, 2.05) is 16.7 Å². The summed E-state index contributed by atoms with van der Waals surface area (Å²) in [6.45, 7) is 6.00. The molecule has 1 aromatic rings. The summed E-state index contributed by atoms with van der Waals surface area (Å²) < 4.78 is 39.6. The van der Waals surface area contributed by atoms with Gasteiger partial charge >= 0.3 is 6.18 Å². The van der Waals surface area contributed by atoms with Gasteiger partial charge in [0, 0.05) is 29.3 Å². The predicted octanol–water partition coefficient (Wildman–Crippen LogP) is 3.54. The molecule has 118 valence electrons. The second kappa shape index (κ2) is 6.48. The second-order valence-corrected chi connectivity index (χ2v) is 7.42. The van der Waals surface area contributed by atoms with E-state index in [4.69, 9.17) is 5.73 Å². The number of anilines is 1. The molecule has 0 bridgehead atoms. The van der Waals surface area contributed by atoms with Crippen LogP contribution in [0.1, 0.15) is 25.0 Å². The summed E-state index contributed by atoms with van der Waals surface area (Å²) in [6, 6.07) is 4.64. The lowest BCUT2D eigenvalue weighted by atomic mass is 10.0. The zero-order valence-electron chi connectivity index (χ0n) is 12.3. The molecule has 2 rings (SSSR count). The molecule has 2 atom stereocenters. The lowest BCUT2D eigenvalue weighted by Gasteiger charge is -2.36. The van der Waals surface area contributed by atoms with Crippen molar-refractivity contribution in [3.63, 3.8) is 0 Å². The molecule has 2 N–H and O–H groups in total. The van der Waals surface area contributed by atoms with E-state index in [0.29, 0.717) is 16.2 Å². The highest BCUT2D eigenvalue weighted by atomic mass is 32.2. The number of nitrogens with two attached hydrogens (primary N) is 1. The number of thioether (sulfide) groups is 1. The standard InChI is InChI=1S/C15H21F3N2S/c1-10-8-20(9-11(2)21-10)13-4-3-12(5-6-19)14(7-13)15(16,17)18/h3-4,7,10-11H,5-6,8-9,19H2,1-2H3. The van der Waals surface area contributed by atoms with Crippen molar-refractivity contribution in [3.05, 3.63) is 29.3 Å². The van der Waals surface area contributed by atoms with Crippen molar-refractivity contribution < 1.29 is 13.2 Å². The van der Waals surface area contributed by atoms with Crippen LogP contribution in [-0.2, 0) is 12.6 Å². The van der Waals surface area contributed by atoms with Crippen LogP contribution < -0.4 is 10.6 Å². The Balaban J connectivity index is 2.33. The van der Waals surface area contributed by atoms with Gasteiger partial charge in [0.15, 0.2) is 0 Å². The molecule has 2 unspecified atom stereocenters. The van der Waals surface area contributed by atoms with Gasteiger partial charge in [0.05, 0.1) is 5.56 Å². The van der Waals surface area contributed by atoms with Gasteiger partial charge in [-0.2, -0.15) is 24.9 Å². The summed E-state index contributed by atoms with van der Waals surface area (Å²) in [5, 5.41) is 0.846. The molecule has 1 fully saturated rings. The number of rotatable bonds is 3. The van der Waals surface area contributed by atoms with Crippen LogP contribution in [0.3, 0.4) is 0 Å². The quantitative estimate of drug-likeness (QED) is 0.924. The van der Waals surface area contributed by atoms with Gasteiger partial charge in [0.1, 0.15) is 0 Å². The second-order valence-electron chi connectivity index (χ2n) is 5.54. The number of hydrogen-bond acceptors (Lipinski definition) is 3. The summed E-state index contributed by atoms with van der Waals surface area (Å²) in [6.07, 6.45) is -4.08. The van der Waals surface area contributed by atoms with Crippen molar-refractivity contribution in [3.8, 4) is 0 Å². The number of halogens is 3. The first kappa shape index (κ1) is 16.5. The average Bonchev–Trinajstić information content (AvgIpc) is 2.37. The molecule has 1 saturated heterocycles. The molecular formula is C15H21F3N2S. The van der Waals surface area contributed by atoms with Gasteiger partial charge in [-0.25, -0.2) is 0 Å². The Kier molecular flexibility index (Phi) is 5.09. The summed E-state index contributed by atoms with van der Waals surface area (Å²) in [5.74, 6) is 0. The molecule has 1 aliphatic rings.